The number of methoxy groups -OCH3 is 1. The third kappa shape index (κ3) is 4.17. The van der Waals surface area contributed by atoms with Crippen LogP contribution >= 0.6 is 23.2 Å². The summed E-state index contributed by atoms with van der Waals surface area (Å²) in [6.07, 6.45) is 0.640. The molecule has 0 saturated carbocycles. The first-order chi connectivity index (χ1) is 14.5. The molecule has 0 saturated heterocycles. The van der Waals surface area contributed by atoms with Gasteiger partial charge in [0.05, 0.1) is 29.6 Å². The maximum absolute atomic E-state index is 13.1. The van der Waals surface area contributed by atoms with Crippen molar-refractivity contribution in [2.24, 2.45) is 0 Å². The maximum atomic E-state index is 13.1. The molecule has 1 aliphatic heterocycles. The Labute approximate surface area is 183 Å². The first kappa shape index (κ1) is 20.7. The summed E-state index contributed by atoms with van der Waals surface area (Å²) >= 11 is 12.2. The van der Waals surface area contributed by atoms with E-state index in [0.29, 0.717) is 58.3 Å². The lowest BCUT2D eigenvalue weighted by Crippen LogP contribution is -2.41. The van der Waals surface area contributed by atoms with Gasteiger partial charge in [-0.15, -0.1) is 0 Å². The van der Waals surface area contributed by atoms with Crippen LogP contribution in [0.15, 0.2) is 41.2 Å². The summed E-state index contributed by atoms with van der Waals surface area (Å²) in [5, 5.41) is 4.37. The fraction of sp³-hybridized carbons (Fsp3) is 0.273. The number of nitrogens with zero attached hydrogens (tertiary/aromatic N) is 1. The first-order valence-electron chi connectivity index (χ1n) is 9.60. The number of rotatable bonds is 5. The van der Waals surface area contributed by atoms with Gasteiger partial charge >= 0.3 is 0 Å². The topological polar surface area (TPSA) is 74.4 Å². The van der Waals surface area contributed by atoms with Crippen LogP contribution < -0.4 is 15.5 Å². The number of hydrogen-bond acceptors (Lipinski definition) is 4. The Hall–Kier alpha value is -2.54. The van der Waals surface area contributed by atoms with Crippen molar-refractivity contribution in [3.63, 3.8) is 0 Å². The van der Waals surface area contributed by atoms with Crippen molar-refractivity contribution < 1.29 is 9.53 Å². The molecular weight excluding hydrogens is 425 g/mol. The molecular formula is C22H21Cl2N3O3. The number of benzene rings is 2. The average molecular weight is 446 g/mol. The number of ether oxygens (including phenoxy) is 1. The number of hydrogen-bond donors (Lipinski definition) is 2. The van der Waals surface area contributed by atoms with Crippen LogP contribution in [-0.4, -0.2) is 36.0 Å². The Bertz CT molecular complexity index is 1160. The summed E-state index contributed by atoms with van der Waals surface area (Å²) < 4.78 is 5.37. The number of pyridine rings is 1. The van der Waals surface area contributed by atoms with Crippen LogP contribution in [0, 0.1) is 0 Å². The number of fused-ring (bicyclic) bond motifs is 2. The van der Waals surface area contributed by atoms with Crippen LogP contribution in [0.2, 0.25) is 10.0 Å². The van der Waals surface area contributed by atoms with Crippen molar-refractivity contribution in [3.05, 3.63) is 73.5 Å². The van der Waals surface area contributed by atoms with Gasteiger partial charge in [-0.05, 0) is 29.8 Å². The van der Waals surface area contributed by atoms with Crippen molar-refractivity contribution in [2.75, 3.05) is 20.2 Å². The van der Waals surface area contributed by atoms with E-state index in [4.69, 9.17) is 27.9 Å². The Balaban J connectivity index is 1.49. The highest BCUT2D eigenvalue weighted by atomic mass is 35.5. The Morgan fingerprint density at radius 3 is 2.70 bits per heavy atom. The Kier molecular flexibility index (Phi) is 5.99. The minimum Gasteiger partial charge on any atom is -0.495 e. The van der Waals surface area contributed by atoms with Gasteiger partial charge in [0.2, 0.25) is 5.91 Å². The zero-order chi connectivity index (χ0) is 21.3. The summed E-state index contributed by atoms with van der Waals surface area (Å²) in [4.78, 5) is 30.8. The lowest BCUT2D eigenvalue weighted by Gasteiger charge is -2.28. The number of amides is 1. The van der Waals surface area contributed by atoms with E-state index in [1.165, 1.54) is 0 Å². The molecule has 1 aromatic heterocycles. The van der Waals surface area contributed by atoms with Crippen molar-refractivity contribution in [3.8, 4) is 5.75 Å². The second kappa shape index (κ2) is 8.68. The largest absolute Gasteiger partial charge is 0.495 e. The van der Waals surface area contributed by atoms with E-state index in [1.54, 1.807) is 31.4 Å². The number of carbonyl (C=O) groups excluding carboxylic acids is 1. The number of aromatic amines is 1. The predicted octanol–water partition coefficient (Wildman–Crippen LogP) is 3.52. The van der Waals surface area contributed by atoms with E-state index in [-0.39, 0.29) is 17.9 Å². The summed E-state index contributed by atoms with van der Waals surface area (Å²) in [6.45, 7) is 1.71. The molecule has 8 heteroatoms. The summed E-state index contributed by atoms with van der Waals surface area (Å²) in [5.74, 6) is 0.489. The minimum absolute atomic E-state index is 0.0923. The van der Waals surface area contributed by atoms with Crippen LogP contribution in [0.4, 0.5) is 0 Å². The molecule has 1 aliphatic rings. The van der Waals surface area contributed by atoms with E-state index in [0.717, 1.165) is 11.3 Å². The second-order valence-corrected chi connectivity index (χ2v) is 8.12. The summed E-state index contributed by atoms with van der Waals surface area (Å²) in [6, 6.07) is 10.7. The molecule has 156 valence electrons. The van der Waals surface area contributed by atoms with E-state index in [9.17, 15) is 9.59 Å². The molecule has 1 amide bonds. The predicted molar refractivity (Wildman–Crippen MR) is 118 cm³/mol. The van der Waals surface area contributed by atoms with E-state index >= 15 is 0 Å². The highest BCUT2D eigenvalue weighted by molar-refractivity contribution is 6.35. The number of H-pyrrole nitrogens is 1. The fourth-order valence-electron chi connectivity index (χ4n) is 3.74. The van der Waals surface area contributed by atoms with Crippen molar-refractivity contribution in [1.82, 2.24) is 15.2 Å². The Morgan fingerprint density at radius 2 is 1.97 bits per heavy atom. The van der Waals surface area contributed by atoms with E-state index in [1.807, 2.05) is 17.0 Å². The molecule has 3 aromatic rings. The first-order valence-corrected chi connectivity index (χ1v) is 10.4. The highest BCUT2D eigenvalue weighted by Gasteiger charge is 2.24. The molecule has 0 radical (unpaired) electrons. The van der Waals surface area contributed by atoms with Crippen LogP contribution in [0.5, 0.6) is 5.75 Å². The zero-order valence-corrected chi connectivity index (χ0v) is 17.9. The van der Waals surface area contributed by atoms with Crippen LogP contribution in [0.25, 0.3) is 10.9 Å². The van der Waals surface area contributed by atoms with Crippen LogP contribution in [-0.2, 0) is 24.3 Å². The van der Waals surface area contributed by atoms with Crippen molar-refractivity contribution >= 4 is 40.0 Å². The van der Waals surface area contributed by atoms with Crippen LogP contribution in [0.3, 0.4) is 0 Å². The SMILES string of the molecule is COc1ccc(Cl)c2c(=O)c3c([nH]c12)CCN(CC(=O)NCc1ccc(Cl)cc1)C3. The molecule has 0 bridgehead atoms. The second-order valence-electron chi connectivity index (χ2n) is 7.27. The summed E-state index contributed by atoms with van der Waals surface area (Å²) in [5.41, 5.74) is 2.99. The molecule has 4 rings (SSSR count). The molecule has 2 aromatic carbocycles. The molecule has 0 fully saturated rings. The van der Waals surface area contributed by atoms with Crippen molar-refractivity contribution in [1.29, 1.82) is 0 Å². The Morgan fingerprint density at radius 1 is 1.20 bits per heavy atom. The zero-order valence-electron chi connectivity index (χ0n) is 16.4. The molecule has 0 spiro atoms. The molecule has 6 nitrogen and oxygen atoms in total. The summed E-state index contributed by atoms with van der Waals surface area (Å²) in [7, 11) is 1.56. The smallest absolute Gasteiger partial charge is 0.234 e. The number of nitrogens with one attached hydrogen (secondary N) is 2. The maximum Gasteiger partial charge on any atom is 0.234 e. The molecule has 2 heterocycles. The quantitative estimate of drug-likeness (QED) is 0.629. The number of halogens is 2. The van der Waals surface area contributed by atoms with Gasteiger partial charge in [0.25, 0.3) is 0 Å². The third-order valence-electron chi connectivity index (χ3n) is 5.31. The van der Waals surface area contributed by atoms with E-state index < -0.39 is 0 Å². The van der Waals surface area contributed by atoms with Crippen LogP contribution in [0.1, 0.15) is 16.8 Å². The number of aromatic nitrogens is 1. The van der Waals surface area contributed by atoms with E-state index in [2.05, 4.69) is 10.3 Å². The molecule has 0 aliphatic carbocycles. The third-order valence-corrected chi connectivity index (χ3v) is 5.87. The van der Waals surface area contributed by atoms with Gasteiger partial charge in [-0.1, -0.05) is 35.3 Å². The average Bonchev–Trinajstić information content (AvgIpc) is 2.74. The monoisotopic (exact) mass is 445 g/mol. The molecule has 0 unspecified atom stereocenters. The number of carbonyl (C=O) groups is 1. The fourth-order valence-corrected chi connectivity index (χ4v) is 4.11. The van der Waals surface area contributed by atoms with Gasteiger partial charge in [0.15, 0.2) is 5.43 Å². The molecule has 2 N–H and O–H groups in total. The molecule has 30 heavy (non-hydrogen) atoms. The van der Waals surface area contributed by atoms with Gasteiger partial charge in [0.1, 0.15) is 5.75 Å². The van der Waals surface area contributed by atoms with Gasteiger partial charge in [-0.3, -0.25) is 14.5 Å². The van der Waals surface area contributed by atoms with Gasteiger partial charge in [-0.25, -0.2) is 0 Å². The highest BCUT2D eigenvalue weighted by Crippen LogP contribution is 2.30. The lowest BCUT2D eigenvalue weighted by molar-refractivity contribution is -0.122. The van der Waals surface area contributed by atoms with Gasteiger partial charge in [0, 0.05) is 42.3 Å². The normalized spacial score (nSPS) is 13.8. The van der Waals surface area contributed by atoms with Gasteiger partial charge < -0.3 is 15.0 Å². The van der Waals surface area contributed by atoms with Gasteiger partial charge in [-0.2, -0.15) is 0 Å². The molecule has 0 atom stereocenters. The lowest BCUT2D eigenvalue weighted by atomic mass is 10.0. The minimum atomic E-state index is -0.117. The van der Waals surface area contributed by atoms with Crippen molar-refractivity contribution in [2.45, 2.75) is 19.5 Å². The standard InChI is InChI=1S/C22H21Cl2N3O3/c1-30-18-7-6-16(24)20-21(18)26-17-8-9-27(11-15(17)22(20)29)12-19(28)25-10-13-2-4-14(23)5-3-13/h2-7H,8-12H2,1H3,(H,25,28)(H,26,29).